The molecule has 0 spiro atoms. The van der Waals surface area contributed by atoms with Gasteiger partial charge in [0, 0.05) is 41.9 Å². The number of aliphatic hydroxyl groups excluding tert-OH is 1. The summed E-state index contributed by atoms with van der Waals surface area (Å²) in [4.78, 5) is 12.2. The summed E-state index contributed by atoms with van der Waals surface area (Å²) >= 11 is 6.14. The molecule has 0 heterocycles. The SMILES string of the molecule is COCc1c(Cl)cccc1NC(=O)NC1CCCCC1CO. The van der Waals surface area contributed by atoms with Gasteiger partial charge in [0.1, 0.15) is 0 Å². The Morgan fingerprint density at radius 3 is 2.91 bits per heavy atom. The summed E-state index contributed by atoms with van der Waals surface area (Å²) in [5.41, 5.74) is 1.40. The van der Waals surface area contributed by atoms with Crippen molar-refractivity contribution in [2.75, 3.05) is 19.0 Å². The van der Waals surface area contributed by atoms with E-state index in [2.05, 4.69) is 10.6 Å². The molecule has 6 heteroatoms. The van der Waals surface area contributed by atoms with Crippen LogP contribution in [0.1, 0.15) is 31.2 Å². The van der Waals surface area contributed by atoms with E-state index in [0.29, 0.717) is 17.3 Å². The van der Waals surface area contributed by atoms with E-state index in [1.165, 1.54) is 0 Å². The Morgan fingerprint density at radius 1 is 1.41 bits per heavy atom. The van der Waals surface area contributed by atoms with Gasteiger partial charge in [0.05, 0.1) is 6.61 Å². The lowest BCUT2D eigenvalue weighted by molar-refractivity contribution is 0.156. The van der Waals surface area contributed by atoms with Gasteiger partial charge in [-0.2, -0.15) is 0 Å². The van der Waals surface area contributed by atoms with Gasteiger partial charge in [-0.15, -0.1) is 0 Å². The first-order valence-electron chi connectivity index (χ1n) is 7.60. The molecule has 5 nitrogen and oxygen atoms in total. The second-order valence-electron chi connectivity index (χ2n) is 5.63. The molecular formula is C16H23ClN2O3. The maximum Gasteiger partial charge on any atom is 0.319 e. The van der Waals surface area contributed by atoms with Crippen molar-refractivity contribution < 1.29 is 14.6 Å². The normalized spacial score (nSPS) is 21.4. The van der Waals surface area contributed by atoms with Crippen molar-refractivity contribution in [2.24, 2.45) is 5.92 Å². The van der Waals surface area contributed by atoms with Crippen LogP contribution in [0.3, 0.4) is 0 Å². The van der Waals surface area contributed by atoms with E-state index >= 15 is 0 Å². The van der Waals surface area contributed by atoms with Crippen molar-refractivity contribution in [2.45, 2.75) is 38.3 Å². The quantitative estimate of drug-likeness (QED) is 0.778. The number of halogens is 1. The molecule has 0 aromatic heterocycles. The number of amides is 2. The third-order valence-corrected chi connectivity index (χ3v) is 4.47. The highest BCUT2D eigenvalue weighted by atomic mass is 35.5. The molecule has 122 valence electrons. The first kappa shape index (κ1) is 17.1. The molecule has 1 aliphatic rings. The minimum atomic E-state index is -0.273. The number of carbonyl (C=O) groups excluding carboxylic acids is 1. The van der Waals surface area contributed by atoms with E-state index in [0.717, 1.165) is 31.2 Å². The summed E-state index contributed by atoms with van der Waals surface area (Å²) in [6, 6.07) is 5.09. The number of urea groups is 1. The fourth-order valence-corrected chi connectivity index (χ4v) is 3.14. The van der Waals surface area contributed by atoms with Gasteiger partial charge in [-0.05, 0) is 25.0 Å². The van der Waals surface area contributed by atoms with Crippen molar-refractivity contribution in [1.82, 2.24) is 5.32 Å². The van der Waals surface area contributed by atoms with Crippen molar-refractivity contribution in [3.05, 3.63) is 28.8 Å². The zero-order chi connectivity index (χ0) is 15.9. The number of anilines is 1. The van der Waals surface area contributed by atoms with E-state index < -0.39 is 0 Å². The molecule has 1 aliphatic carbocycles. The first-order valence-corrected chi connectivity index (χ1v) is 7.98. The standard InChI is InChI=1S/C16H23ClN2O3/c1-22-10-12-13(17)6-4-8-15(12)19-16(21)18-14-7-3-2-5-11(14)9-20/h4,6,8,11,14,20H,2-3,5,7,9-10H2,1H3,(H2,18,19,21). The van der Waals surface area contributed by atoms with Crippen molar-refractivity contribution in [3.63, 3.8) is 0 Å². The summed E-state index contributed by atoms with van der Waals surface area (Å²) in [6.45, 7) is 0.440. The third-order valence-electron chi connectivity index (χ3n) is 4.12. The Hall–Kier alpha value is -1.30. The summed E-state index contributed by atoms with van der Waals surface area (Å²) < 4.78 is 5.13. The van der Waals surface area contributed by atoms with Crippen LogP contribution < -0.4 is 10.6 Å². The number of hydrogen-bond donors (Lipinski definition) is 3. The first-order chi connectivity index (χ1) is 10.7. The summed E-state index contributed by atoms with van der Waals surface area (Å²) in [6.07, 6.45) is 4.04. The van der Waals surface area contributed by atoms with E-state index in [1.54, 1.807) is 25.3 Å². The highest BCUT2D eigenvalue weighted by Gasteiger charge is 2.26. The summed E-state index contributed by atoms with van der Waals surface area (Å²) in [5.74, 6) is 0.136. The Balaban J connectivity index is 2.01. The Labute approximate surface area is 136 Å². The van der Waals surface area contributed by atoms with Crippen molar-refractivity contribution in [1.29, 1.82) is 0 Å². The number of ether oxygens (including phenoxy) is 1. The van der Waals surface area contributed by atoms with Crippen LogP contribution in [-0.2, 0) is 11.3 Å². The molecular weight excluding hydrogens is 304 g/mol. The van der Waals surface area contributed by atoms with Crippen molar-refractivity contribution in [3.8, 4) is 0 Å². The fourth-order valence-electron chi connectivity index (χ4n) is 2.91. The van der Waals surface area contributed by atoms with Crippen LogP contribution in [0.5, 0.6) is 0 Å². The van der Waals surface area contributed by atoms with Gasteiger partial charge in [0.15, 0.2) is 0 Å². The number of hydrogen-bond acceptors (Lipinski definition) is 3. The fraction of sp³-hybridized carbons (Fsp3) is 0.562. The Bertz CT molecular complexity index is 510. The average Bonchev–Trinajstić information content (AvgIpc) is 2.51. The summed E-state index contributed by atoms with van der Waals surface area (Å²) in [5, 5.41) is 15.8. The summed E-state index contributed by atoms with van der Waals surface area (Å²) in [7, 11) is 1.58. The number of benzene rings is 1. The minimum Gasteiger partial charge on any atom is -0.396 e. The molecule has 0 bridgehead atoms. The molecule has 1 aromatic rings. The molecule has 0 aliphatic heterocycles. The van der Waals surface area contributed by atoms with Gasteiger partial charge in [0.25, 0.3) is 0 Å². The van der Waals surface area contributed by atoms with Crippen LogP contribution in [0.25, 0.3) is 0 Å². The molecule has 22 heavy (non-hydrogen) atoms. The predicted molar refractivity (Wildman–Crippen MR) is 87.2 cm³/mol. The van der Waals surface area contributed by atoms with E-state index in [9.17, 15) is 9.90 Å². The molecule has 1 fully saturated rings. The highest BCUT2D eigenvalue weighted by molar-refractivity contribution is 6.31. The maximum atomic E-state index is 12.2. The van der Waals surface area contributed by atoms with Crippen LogP contribution in [0.4, 0.5) is 10.5 Å². The predicted octanol–water partition coefficient (Wildman–Crippen LogP) is 3.16. The molecule has 1 saturated carbocycles. The minimum absolute atomic E-state index is 0.0174. The van der Waals surface area contributed by atoms with E-state index in [4.69, 9.17) is 16.3 Å². The topological polar surface area (TPSA) is 70.6 Å². The smallest absolute Gasteiger partial charge is 0.319 e. The third kappa shape index (κ3) is 4.35. The van der Waals surface area contributed by atoms with Gasteiger partial charge in [-0.25, -0.2) is 4.79 Å². The molecule has 2 unspecified atom stereocenters. The lowest BCUT2D eigenvalue weighted by Gasteiger charge is -2.30. The second kappa shape index (κ2) is 8.36. The monoisotopic (exact) mass is 326 g/mol. The van der Waals surface area contributed by atoms with Crippen LogP contribution in [0.2, 0.25) is 5.02 Å². The molecule has 2 atom stereocenters. The Morgan fingerprint density at radius 2 is 2.18 bits per heavy atom. The highest BCUT2D eigenvalue weighted by Crippen LogP contribution is 2.26. The molecule has 0 radical (unpaired) electrons. The maximum absolute atomic E-state index is 12.2. The number of carbonyl (C=O) groups is 1. The number of methoxy groups -OCH3 is 1. The number of aliphatic hydroxyl groups is 1. The lowest BCUT2D eigenvalue weighted by Crippen LogP contribution is -2.45. The van der Waals surface area contributed by atoms with Gasteiger partial charge in [-0.3, -0.25) is 0 Å². The van der Waals surface area contributed by atoms with Gasteiger partial charge < -0.3 is 20.5 Å². The van der Waals surface area contributed by atoms with E-state index in [1.807, 2.05) is 0 Å². The molecule has 2 amide bonds. The molecule has 2 rings (SSSR count). The Kier molecular flexibility index (Phi) is 6.49. The van der Waals surface area contributed by atoms with Crippen molar-refractivity contribution >= 4 is 23.3 Å². The van der Waals surface area contributed by atoms with Crippen LogP contribution in [0.15, 0.2) is 18.2 Å². The second-order valence-corrected chi connectivity index (χ2v) is 6.04. The largest absolute Gasteiger partial charge is 0.396 e. The number of rotatable bonds is 5. The van der Waals surface area contributed by atoms with E-state index in [-0.39, 0.29) is 24.6 Å². The van der Waals surface area contributed by atoms with Crippen LogP contribution in [0, 0.1) is 5.92 Å². The molecule has 0 saturated heterocycles. The zero-order valence-corrected chi connectivity index (χ0v) is 13.5. The molecule has 3 N–H and O–H groups in total. The lowest BCUT2D eigenvalue weighted by atomic mass is 9.85. The van der Waals surface area contributed by atoms with Gasteiger partial charge in [0.2, 0.25) is 0 Å². The van der Waals surface area contributed by atoms with Gasteiger partial charge in [-0.1, -0.05) is 30.5 Å². The van der Waals surface area contributed by atoms with Crippen LogP contribution >= 0.6 is 11.6 Å². The van der Waals surface area contributed by atoms with Crippen LogP contribution in [-0.4, -0.2) is 30.9 Å². The molecule has 1 aromatic carbocycles. The van der Waals surface area contributed by atoms with Gasteiger partial charge >= 0.3 is 6.03 Å². The number of nitrogens with one attached hydrogen (secondary N) is 2. The zero-order valence-electron chi connectivity index (χ0n) is 12.8. The average molecular weight is 327 g/mol.